The number of nitrogens with one attached hydrogen (secondary N) is 1. The van der Waals surface area contributed by atoms with Gasteiger partial charge in [0.25, 0.3) is 5.91 Å². The Bertz CT molecular complexity index is 877. The van der Waals surface area contributed by atoms with E-state index in [4.69, 9.17) is 16.3 Å². The first-order valence-corrected chi connectivity index (χ1v) is 9.95. The lowest BCUT2D eigenvalue weighted by atomic mass is 10.2. The lowest BCUT2D eigenvalue weighted by molar-refractivity contribution is 0.102. The van der Waals surface area contributed by atoms with Crippen LogP contribution >= 0.6 is 22.9 Å². The van der Waals surface area contributed by atoms with Gasteiger partial charge in [-0.2, -0.15) is 0 Å². The fourth-order valence-corrected chi connectivity index (χ4v) is 3.68. The van der Waals surface area contributed by atoms with Gasteiger partial charge in [-0.25, -0.2) is 4.98 Å². The number of ether oxygens (including phenoxy) is 1. The van der Waals surface area contributed by atoms with Crippen LogP contribution in [-0.4, -0.2) is 17.5 Å². The molecule has 3 aromatic rings. The third kappa shape index (κ3) is 4.96. The van der Waals surface area contributed by atoms with Crippen LogP contribution in [0.3, 0.4) is 0 Å². The number of hydrogen-bond donors (Lipinski definition) is 1. The first-order valence-electron chi connectivity index (χ1n) is 8.76. The number of fused-ring (bicyclic) bond motifs is 1. The number of benzene rings is 2. The molecule has 26 heavy (non-hydrogen) atoms. The highest BCUT2D eigenvalue weighted by Crippen LogP contribution is 2.28. The fraction of sp³-hybridized carbons (Fsp3) is 0.300. The van der Waals surface area contributed by atoms with E-state index in [0.29, 0.717) is 22.3 Å². The van der Waals surface area contributed by atoms with Gasteiger partial charge in [0.05, 0.1) is 16.8 Å². The van der Waals surface area contributed by atoms with Crippen LogP contribution in [0.1, 0.15) is 43.0 Å². The van der Waals surface area contributed by atoms with Crippen molar-refractivity contribution in [2.75, 3.05) is 11.9 Å². The average molecular weight is 389 g/mol. The number of carbonyl (C=O) groups is 1. The zero-order valence-electron chi connectivity index (χ0n) is 14.6. The molecule has 1 heterocycles. The number of anilines is 1. The van der Waals surface area contributed by atoms with Crippen LogP contribution in [0.4, 0.5) is 5.13 Å². The second kappa shape index (κ2) is 9.01. The number of hydrogen-bond acceptors (Lipinski definition) is 4. The molecule has 0 aliphatic rings. The minimum atomic E-state index is -0.190. The van der Waals surface area contributed by atoms with Crippen molar-refractivity contribution in [2.45, 2.75) is 32.6 Å². The molecule has 2 aromatic carbocycles. The van der Waals surface area contributed by atoms with E-state index in [1.807, 2.05) is 24.3 Å². The summed E-state index contributed by atoms with van der Waals surface area (Å²) in [6.45, 7) is 2.90. The molecule has 4 nitrogen and oxygen atoms in total. The molecule has 1 N–H and O–H groups in total. The lowest BCUT2D eigenvalue weighted by Gasteiger charge is -2.07. The van der Waals surface area contributed by atoms with Crippen molar-refractivity contribution >= 4 is 44.2 Å². The molecular weight excluding hydrogens is 368 g/mol. The maximum atomic E-state index is 12.4. The summed E-state index contributed by atoms with van der Waals surface area (Å²) in [6, 6.07) is 12.7. The molecule has 0 bridgehead atoms. The summed E-state index contributed by atoms with van der Waals surface area (Å²) >= 11 is 7.39. The van der Waals surface area contributed by atoms with Crippen molar-refractivity contribution in [2.24, 2.45) is 0 Å². The van der Waals surface area contributed by atoms with Gasteiger partial charge in [0, 0.05) is 10.6 Å². The zero-order chi connectivity index (χ0) is 18.4. The van der Waals surface area contributed by atoms with Crippen molar-refractivity contribution in [1.29, 1.82) is 0 Å². The van der Waals surface area contributed by atoms with Crippen LogP contribution in [0.15, 0.2) is 42.5 Å². The summed E-state index contributed by atoms with van der Waals surface area (Å²) in [7, 11) is 0. The normalized spacial score (nSPS) is 10.8. The molecule has 0 saturated carbocycles. The molecular formula is C20H21ClN2O2S. The van der Waals surface area contributed by atoms with Gasteiger partial charge in [-0.1, -0.05) is 49.1 Å². The maximum absolute atomic E-state index is 12.4. The molecule has 0 unspecified atom stereocenters. The van der Waals surface area contributed by atoms with Gasteiger partial charge in [0.1, 0.15) is 5.75 Å². The molecule has 0 saturated heterocycles. The zero-order valence-corrected chi connectivity index (χ0v) is 16.2. The third-order valence-electron chi connectivity index (χ3n) is 3.95. The Kier molecular flexibility index (Phi) is 6.47. The highest BCUT2D eigenvalue weighted by atomic mass is 35.5. The van der Waals surface area contributed by atoms with E-state index in [1.165, 1.54) is 30.6 Å². The Balaban J connectivity index is 1.57. The van der Waals surface area contributed by atoms with E-state index in [1.54, 1.807) is 18.2 Å². The standard InChI is InChI=1S/C20H21ClN2O2S/c1-2-3-4-5-12-25-16-9-6-14(7-10-16)19(24)23-20-22-17-11-8-15(21)13-18(17)26-20/h6-11,13H,2-5,12H2,1H3,(H,22,23,24). The first-order chi connectivity index (χ1) is 12.7. The second-order valence-corrected chi connectivity index (χ2v) is 7.49. The molecule has 0 spiro atoms. The molecule has 0 fully saturated rings. The Morgan fingerprint density at radius 3 is 2.73 bits per heavy atom. The van der Waals surface area contributed by atoms with E-state index >= 15 is 0 Å². The Morgan fingerprint density at radius 2 is 1.96 bits per heavy atom. The number of aromatic nitrogens is 1. The number of nitrogens with zero attached hydrogens (tertiary/aromatic N) is 1. The van der Waals surface area contributed by atoms with Crippen LogP contribution in [0, 0.1) is 0 Å². The topological polar surface area (TPSA) is 51.2 Å². The predicted molar refractivity (Wildman–Crippen MR) is 109 cm³/mol. The molecule has 1 aromatic heterocycles. The molecule has 0 aliphatic carbocycles. The SMILES string of the molecule is CCCCCCOc1ccc(C(=O)Nc2nc3ccc(Cl)cc3s2)cc1. The maximum Gasteiger partial charge on any atom is 0.257 e. The number of amides is 1. The minimum Gasteiger partial charge on any atom is -0.494 e. The van der Waals surface area contributed by atoms with Gasteiger partial charge >= 0.3 is 0 Å². The highest BCUT2D eigenvalue weighted by molar-refractivity contribution is 7.22. The summed E-state index contributed by atoms with van der Waals surface area (Å²) in [6.07, 6.45) is 4.69. The molecule has 3 rings (SSSR count). The molecule has 136 valence electrons. The average Bonchev–Trinajstić information content (AvgIpc) is 3.03. The quantitative estimate of drug-likeness (QED) is 0.470. The summed E-state index contributed by atoms with van der Waals surface area (Å²) in [5.41, 5.74) is 1.39. The summed E-state index contributed by atoms with van der Waals surface area (Å²) in [4.78, 5) is 16.8. The number of thiazole rings is 1. The van der Waals surface area contributed by atoms with Crippen molar-refractivity contribution < 1.29 is 9.53 Å². The third-order valence-corrected chi connectivity index (χ3v) is 5.12. The van der Waals surface area contributed by atoms with Gasteiger partial charge in [0.15, 0.2) is 5.13 Å². The van der Waals surface area contributed by atoms with Crippen molar-refractivity contribution in [3.05, 3.63) is 53.1 Å². The first kappa shape index (κ1) is 18.7. The lowest BCUT2D eigenvalue weighted by Crippen LogP contribution is -2.11. The Hall–Kier alpha value is -2.11. The van der Waals surface area contributed by atoms with E-state index < -0.39 is 0 Å². The Morgan fingerprint density at radius 1 is 1.15 bits per heavy atom. The highest BCUT2D eigenvalue weighted by Gasteiger charge is 2.10. The van der Waals surface area contributed by atoms with E-state index in [2.05, 4.69) is 17.2 Å². The van der Waals surface area contributed by atoms with Crippen LogP contribution in [0.5, 0.6) is 5.75 Å². The Labute approximate surface area is 162 Å². The van der Waals surface area contributed by atoms with Gasteiger partial charge in [-0.05, 0) is 48.9 Å². The van der Waals surface area contributed by atoms with Gasteiger partial charge in [-0.3, -0.25) is 10.1 Å². The van der Waals surface area contributed by atoms with Crippen LogP contribution in [-0.2, 0) is 0 Å². The number of halogens is 1. The summed E-state index contributed by atoms with van der Waals surface area (Å²) < 4.78 is 6.65. The largest absolute Gasteiger partial charge is 0.494 e. The van der Waals surface area contributed by atoms with E-state index in [0.717, 1.165) is 22.4 Å². The molecule has 0 radical (unpaired) electrons. The van der Waals surface area contributed by atoms with Gasteiger partial charge in [0.2, 0.25) is 0 Å². The minimum absolute atomic E-state index is 0.190. The second-order valence-electron chi connectivity index (χ2n) is 6.02. The molecule has 0 aliphatic heterocycles. The molecule has 6 heteroatoms. The van der Waals surface area contributed by atoms with Gasteiger partial charge < -0.3 is 4.74 Å². The fourth-order valence-electron chi connectivity index (χ4n) is 2.54. The van der Waals surface area contributed by atoms with Crippen LogP contribution in [0.25, 0.3) is 10.2 Å². The van der Waals surface area contributed by atoms with Crippen LogP contribution in [0.2, 0.25) is 5.02 Å². The molecule has 1 amide bonds. The van der Waals surface area contributed by atoms with Gasteiger partial charge in [-0.15, -0.1) is 0 Å². The predicted octanol–water partition coefficient (Wildman–Crippen LogP) is 6.16. The number of carbonyl (C=O) groups excluding carboxylic acids is 1. The smallest absolute Gasteiger partial charge is 0.257 e. The summed E-state index contributed by atoms with van der Waals surface area (Å²) in [5, 5.41) is 4.05. The van der Waals surface area contributed by atoms with E-state index in [-0.39, 0.29) is 5.91 Å². The van der Waals surface area contributed by atoms with Crippen molar-refractivity contribution in [1.82, 2.24) is 4.98 Å². The number of unbranched alkanes of at least 4 members (excludes halogenated alkanes) is 3. The van der Waals surface area contributed by atoms with Crippen molar-refractivity contribution in [3.8, 4) is 5.75 Å². The van der Waals surface area contributed by atoms with Crippen molar-refractivity contribution in [3.63, 3.8) is 0 Å². The van der Waals surface area contributed by atoms with Crippen LogP contribution < -0.4 is 10.1 Å². The molecule has 0 atom stereocenters. The van der Waals surface area contributed by atoms with E-state index in [9.17, 15) is 4.79 Å². The number of rotatable bonds is 8. The monoisotopic (exact) mass is 388 g/mol. The summed E-state index contributed by atoms with van der Waals surface area (Å²) in [5.74, 6) is 0.595.